The van der Waals surface area contributed by atoms with Gasteiger partial charge in [-0.3, -0.25) is 9.59 Å². The van der Waals surface area contributed by atoms with Crippen LogP contribution in [-0.4, -0.2) is 22.2 Å². The number of benzene rings is 2. The van der Waals surface area contributed by atoms with Crippen LogP contribution in [0.25, 0.3) is 5.69 Å². The standard InChI is InChI=1S/C23H22F3N3O2/c1-3-4-13-28(18-10-6-5-7-11-18)22(31)21-20(30)14-16(2)29(27-21)19-12-8-9-17(15-19)23(24,25)26/h5-12,14-15H,3-4,13H2,1-2H3. The minimum Gasteiger partial charge on any atom is -0.307 e. The highest BCUT2D eigenvalue weighted by Crippen LogP contribution is 2.30. The van der Waals surface area contributed by atoms with Crippen molar-refractivity contribution in [1.82, 2.24) is 9.78 Å². The molecule has 0 radical (unpaired) electrons. The van der Waals surface area contributed by atoms with Gasteiger partial charge in [-0.05, 0) is 43.7 Å². The highest BCUT2D eigenvalue weighted by atomic mass is 19.4. The Bertz CT molecular complexity index is 1120. The molecule has 0 aliphatic heterocycles. The molecule has 0 unspecified atom stereocenters. The van der Waals surface area contributed by atoms with Crippen LogP contribution in [-0.2, 0) is 6.18 Å². The molecule has 0 saturated carbocycles. The minimum absolute atomic E-state index is 0.112. The summed E-state index contributed by atoms with van der Waals surface area (Å²) in [5.74, 6) is -0.592. The second kappa shape index (κ2) is 9.16. The van der Waals surface area contributed by atoms with E-state index in [-0.39, 0.29) is 11.4 Å². The van der Waals surface area contributed by atoms with Crippen molar-refractivity contribution in [1.29, 1.82) is 0 Å². The second-order valence-electron chi connectivity index (χ2n) is 7.10. The molecule has 3 rings (SSSR count). The molecule has 8 heteroatoms. The van der Waals surface area contributed by atoms with E-state index in [0.717, 1.165) is 18.6 Å². The molecule has 0 aliphatic carbocycles. The van der Waals surface area contributed by atoms with Crippen LogP contribution in [0.2, 0.25) is 0 Å². The number of rotatable bonds is 6. The van der Waals surface area contributed by atoms with Crippen molar-refractivity contribution >= 4 is 11.6 Å². The molecular weight excluding hydrogens is 407 g/mol. The van der Waals surface area contributed by atoms with Crippen molar-refractivity contribution < 1.29 is 18.0 Å². The Labute approximate surface area is 177 Å². The molecule has 0 fully saturated rings. The fourth-order valence-corrected chi connectivity index (χ4v) is 3.17. The Morgan fingerprint density at radius 2 is 1.77 bits per heavy atom. The largest absolute Gasteiger partial charge is 0.416 e. The second-order valence-corrected chi connectivity index (χ2v) is 7.10. The lowest BCUT2D eigenvalue weighted by atomic mass is 10.2. The number of amides is 1. The maximum Gasteiger partial charge on any atom is 0.416 e. The van der Waals surface area contributed by atoms with E-state index in [9.17, 15) is 22.8 Å². The van der Waals surface area contributed by atoms with Gasteiger partial charge >= 0.3 is 6.18 Å². The molecule has 0 aliphatic rings. The van der Waals surface area contributed by atoms with Crippen LogP contribution in [0.5, 0.6) is 0 Å². The van der Waals surface area contributed by atoms with Crippen LogP contribution >= 0.6 is 0 Å². The zero-order valence-corrected chi connectivity index (χ0v) is 17.2. The van der Waals surface area contributed by atoms with E-state index in [1.165, 1.54) is 27.8 Å². The van der Waals surface area contributed by atoms with E-state index in [1.807, 2.05) is 13.0 Å². The average molecular weight is 429 g/mol. The number of hydrogen-bond acceptors (Lipinski definition) is 3. The van der Waals surface area contributed by atoms with Gasteiger partial charge in [-0.25, -0.2) is 4.68 Å². The lowest BCUT2D eigenvalue weighted by molar-refractivity contribution is -0.137. The van der Waals surface area contributed by atoms with E-state index in [2.05, 4.69) is 5.10 Å². The van der Waals surface area contributed by atoms with Gasteiger partial charge in [0.2, 0.25) is 5.43 Å². The van der Waals surface area contributed by atoms with Crippen molar-refractivity contribution in [2.45, 2.75) is 32.9 Å². The number of para-hydroxylation sites is 1. The molecule has 2 aromatic carbocycles. The topological polar surface area (TPSA) is 55.2 Å². The summed E-state index contributed by atoms with van der Waals surface area (Å²) in [6, 6.07) is 14.7. The third kappa shape index (κ3) is 5.02. The van der Waals surface area contributed by atoms with Gasteiger partial charge in [0.25, 0.3) is 5.91 Å². The fraction of sp³-hybridized carbons (Fsp3) is 0.261. The first-order chi connectivity index (χ1) is 14.7. The molecule has 1 aromatic heterocycles. The highest BCUT2D eigenvalue weighted by molar-refractivity contribution is 6.04. The number of nitrogens with zero attached hydrogens (tertiary/aromatic N) is 3. The molecule has 3 aromatic rings. The molecule has 0 saturated heterocycles. The number of anilines is 1. The van der Waals surface area contributed by atoms with Crippen molar-refractivity contribution in [2.24, 2.45) is 0 Å². The third-order valence-electron chi connectivity index (χ3n) is 4.78. The first-order valence-corrected chi connectivity index (χ1v) is 9.88. The molecular formula is C23H22F3N3O2. The van der Waals surface area contributed by atoms with Gasteiger partial charge in [-0.15, -0.1) is 0 Å². The average Bonchev–Trinajstić information content (AvgIpc) is 2.74. The van der Waals surface area contributed by atoms with Crippen molar-refractivity contribution in [3.63, 3.8) is 0 Å². The Morgan fingerprint density at radius 1 is 1.06 bits per heavy atom. The number of aryl methyl sites for hydroxylation is 1. The molecule has 5 nitrogen and oxygen atoms in total. The van der Waals surface area contributed by atoms with Gasteiger partial charge in [0.05, 0.1) is 11.3 Å². The smallest absolute Gasteiger partial charge is 0.307 e. The molecule has 1 amide bonds. The van der Waals surface area contributed by atoms with Crippen molar-refractivity contribution in [3.05, 3.63) is 87.8 Å². The summed E-state index contributed by atoms with van der Waals surface area (Å²) >= 11 is 0. The van der Waals surface area contributed by atoms with Crippen LogP contribution in [0, 0.1) is 6.92 Å². The molecule has 0 bridgehead atoms. The van der Waals surface area contributed by atoms with E-state index in [1.54, 1.807) is 31.2 Å². The predicted molar refractivity (Wildman–Crippen MR) is 113 cm³/mol. The minimum atomic E-state index is -4.52. The predicted octanol–water partition coefficient (Wildman–Crippen LogP) is 5.01. The Hall–Kier alpha value is -3.42. The number of halogens is 3. The maximum atomic E-state index is 13.3. The molecule has 0 atom stereocenters. The zero-order chi connectivity index (χ0) is 22.6. The van der Waals surface area contributed by atoms with Gasteiger partial charge in [-0.2, -0.15) is 18.3 Å². The number of aromatic nitrogens is 2. The van der Waals surface area contributed by atoms with Gasteiger partial charge in [0.1, 0.15) is 0 Å². The number of carbonyl (C=O) groups excluding carboxylic acids is 1. The van der Waals surface area contributed by atoms with E-state index < -0.39 is 23.1 Å². The fourth-order valence-electron chi connectivity index (χ4n) is 3.17. The Kier molecular flexibility index (Phi) is 6.58. The Balaban J connectivity index is 2.08. The van der Waals surface area contributed by atoms with E-state index >= 15 is 0 Å². The van der Waals surface area contributed by atoms with Gasteiger partial charge in [0.15, 0.2) is 5.69 Å². The molecule has 0 N–H and O–H groups in total. The SMILES string of the molecule is CCCCN(C(=O)c1nn(-c2cccc(C(F)(F)F)c2)c(C)cc1=O)c1ccccc1. The summed E-state index contributed by atoms with van der Waals surface area (Å²) < 4.78 is 40.6. The molecule has 31 heavy (non-hydrogen) atoms. The monoisotopic (exact) mass is 429 g/mol. The molecule has 0 spiro atoms. The van der Waals surface area contributed by atoms with Crippen molar-refractivity contribution in [2.75, 3.05) is 11.4 Å². The van der Waals surface area contributed by atoms with Crippen LogP contribution in [0.4, 0.5) is 18.9 Å². The van der Waals surface area contributed by atoms with E-state index in [0.29, 0.717) is 24.3 Å². The Morgan fingerprint density at radius 3 is 2.42 bits per heavy atom. The summed E-state index contributed by atoms with van der Waals surface area (Å²) in [6.07, 6.45) is -2.97. The van der Waals surface area contributed by atoms with Gasteiger partial charge < -0.3 is 4.90 Å². The first-order valence-electron chi connectivity index (χ1n) is 9.88. The van der Waals surface area contributed by atoms with Gasteiger partial charge in [-0.1, -0.05) is 37.6 Å². The van der Waals surface area contributed by atoms with Crippen LogP contribution in [0.15, 0.2) is 65.5 Å². The summed E-state index contributed by atoms with van der Waals surface area (Å²) in [5, 5.41) is 4.17. The van der Waals surface area contributed by atoms with E-state index in [4.69, 9.17) is 0 Å². The molecule has 162 valence electrons. The van der Waals surface area contributed by atoms with Crippen molar-refractivity contribution in [3.8, 4) is 5.69 Å². The highest BCUT2D eigenvalue weighted by Gasteiger charge is 2.31. The first kappa shape index (κ1) is 22.3. The normalized spacial score (nSPS) is 11.4. The lowest BCUT2D eigenvalue weighted by Gasteiger charge is -2.22. The van der Waals surface area contributed by atoms with Gasteiger partial charge in [0, 0.05) is 24.0 Å². The number of alkyl halides is 3. The zero-order valence-electron chi connectivity index (χ0n) is 17.2. The quantitative estimate of drug-likeness (QED) is 0.554. The summed E-state index contributed by atoms with van der Waals surface area (Å²) in [5.41, 5.74) is -0.715. The summed E-state index contributed by atoms with van der Waals surface area (Å²) in [7, 11) is 0. The number of hydrogen-bond donors (Lipinski definition) is 0. The molecule has 1 heterocycles. The number of carbonyl (C=O) groups is 1. The van der Waals surface area contributed by atoms with Crippen LogP contribution in [0.3, 0.4) is 0 Å². The maximum absolute atomic E-state index is 13.3. The van der Waals surface area contributed by atoms with Crippen LogP contribution < -0.4 is 10.3 Å². The summed E-state index contributed by atoms with van der Waals surface area (Å²) in [6.45, 7) is 3.92. The lowest BCUT2D eigenvalue weighted by Crippen LogP contribution is -2.37. The number of unbranched alkanes of at least 4 members (excludes halogenated alkanes) is 1. The summed E-state index contributed by atoms with van der Waals surface area (Å²) in [4.78, 5) is 27.3. The third-order valence-corrected chi connectivity index (χ3v) is 4.78. The van der Waals surface area contributed by atoms with Crippen LogP contribution in [0.1, 0.15) is 41.5 Å².